The highest BCUT2D eigenvalue weighted by Crippen LogP contribution is 2.24. The number of imidazole rings is 1. The van der Waals surface area contributed by atoms with Crippen LogP contribution in [0.15, 0.2) is 66.9 Å². The van der Waals surface area contributed by atoms with E-state index >= 15 is 0 Å². The van der Waals surface area contributed by atoms with Crippen LogP contribution in [0.3, 0.4) is 0 Å². The largest absolute Gasteiger partial charge is 0.329 e. The van der Waals surface area contributed by atoms with Crippen molar-refractivity contribution in [1.29, 1.82) is 0 Å². The number of hydrogen-bond donors (Lipinski definition) is 1. The summed E-state index contributed by atoms with van der Waals surface area (Å²) in [6, 6.07) is 20.7. The predicted octanol–water partition coefficient (Wildman–Crippen LogP) is 4.79. The maximum atomic E-state index is 6.44. The van der Waals surface area contributed by atoms with Crippen LogP contribution >= 0.6 is 0 Å². The molecule has 1 heterocycles. The zero-order chi connectivity index (χ0) is 16.8. The Hall–Kier alpha value is -2.39. The van der Waals surface area contributed by atoms with Crippen molar-refractivity contribution in [3.63, 3.8) is 0 Å². The molecule has 0 spiro atoms. The van der Waals surface area contributed by atoms with E-state index in [1.807, 2.05) is 24.3 Å². The molecule has 3 rings (SSSR count). The van der Waals surface area contributed by atoms with E-state index in [1.54, 1.807) is 0 Å². The Morgan fingerprint density at radius 3 is 2.33 bits per heavy atom. The number of aromatic nitrogens is 2. The topological polar surface area (TPSA) is 43.8 Å². The van der Waals surface area contributed by atoms with Gasteiger partial charge in [0.1, 0.15) is 5.82 Å². The molecule has 2 aromatic carbocycles. The van der Waals surface area contributed by atoms with Gasteiger partial charge in [0.15, 0.2) is 0 Å². The van der Waals surface area contributed by atoms with E-state index in [2.05, 4.69) is 54.1 Å². The summed E-state index contributed by atoms with van der Waals surface area (Å²) in [5.41, 5.74) is 9.83. The summed E-state index contributed by atoms with van der Waals surface area (Å²) in [6.07, 6.45) is 5.37. The third kappa shape index (κ3) is 3.92. The Labute approximate surface area is 144 Å². The average molecular weight is 319 g/mol. The van der Waals surface area contributed by atoms with Gasteiger partial charge in [0.2, 0.25) is 0 Å². The van der Waals surface area contributed by atoms with Crippen molar-refractivity contribution in [2.75, 3.05) is 0 Å². The van der Waals surface area contributed by atoms with Gasteiger partial charge in [0.05, 0.1) is 11.7 Å². The second kappa shape index (κ2) is 7.93. The average Bonchev–Trinajstić information content (AvgIpc) is 3.05. The molecule has 1 atom stereocenters. The summed E-state index contributed by atoms with van der Waals surface area (Å²) < 4.78 is 2.21. The number of nitrogens with zero attached hydrogens (tertiary/aromatic N) is 2. The SMILES string of the molecule is CCCCC(N)c1nc(-c2ccccc2)cn1Cc1ccccc1. The van der Waals surface area contributed by atoms with Crippen molar-refractivity contribution in [3.05, 3.63) is 78.2 Å². The van der Waals surface area contributed by atoms with Crippen molar-refractivity contribution in [1.82, 2.24) is 9.55 Å². The first-order chi connectivity index (χ1) is 11.8. The van der Waals surface area contributed by atoms with Gasteiger partial charge in [-0.05, 0) is 12.0 Å². The second-order valence-corrected chi connectivity index (χ2v) is 6.21. The van der Waals surface area contributed by atoms with E-state index in [0.717, 1.165) is 42.9 Å². The van der Waals surface area contributed by atoms with Crippen LogP contribution in [-0.4, -0.2) is 9.55 Å². The summed E-state index contributed by atoms with van der Waals surface area (Å²) in [5, 5.41) is 0. The lowest BCUT2D eigenvalue weighted by molar-refractivity contribution is 0.547. The van der Waals surface area contributed by atoms with E-state index in [0.29, 0.717) is 0 Å². The molecule has 0 aliphatic carbocycles. The maximum Gasteiger partial charge on any atom is 0.126 e. The van der Waals surface area contributed by atoms with Crippen LogP contribution in [0, 0.1) is 0 Å². The maximum absolute atomic E-state index is 6.44. The standard InChI is InChI=1S/C21H25N3/c1-2-3-14-19(22)21-23-20(18-12-8-5-9-13-18)16-24(21)15-17-10-6-4-7-11-17/h4-13,16,19H,2-3,14-15,22H2,1H3. The van der Waals surface area contributed by atoms with Crippen molar-refractivity contribution in [2.24, 2.45) is 5.73 Å². The zero-order valence-corrected chi connectivity index (χ0v) is 14.2. The molecule has 0 saturated carbocycles. The van der Waals surface area contributed by atoms with Gasteiger partial charge >= 0.3 is 0 Å². The molecule has 0 saturated heterocycles. The van der Waals surface area contributed by atoms with Crippen LogP contribution in [-0.2, 0) is 6.54 Å². The molecule has 1 aromatic heterocycles. The normalized spacial score (nSPS) is 12.2. The zero-order valence-electron chi connectivity index (χ0n) is 14.2. The first-order valence-electron chi connectivity index (χ1n) is 8.70. The smallest absolute Gasteiger partial charge is 0.126 e. The first-order valence-corrected chi connectivity index (χ1v) is 8.70. The van der Waals surface area contributed by atoms with E-state index in [4.69, 9.17) is 10.7 Å². The van der Waals surface area contributed by atoms with Gasteiger partial charge in [-0.25, -0.2) is 4.98 Å². The summed E-state index contributed by atoms with van der Waals surface area (Å²) in [6.45, 7) is 2.99. The van der Waals surface area contributed by atoms with Gasteiger partial charge in [-0.1, -0.05) is 80.4 Å². The third-order valence-corrected chi connectivity index (χ3v) is 4.27. The molecule has 3 heteroatoms. The number of nitrogens with two attached hydrogens (primary N) is 1. The first kappa shape index (κ1) is 16.5. The van der Waals surface area contributed by atoms with Crippen LogP contribution in [0.5, 0.6) is 0 Å². The molecule has 1 unspecified atom stereocenters. The molecule has 0 aliphatic rings. The molecule has 0 bridgehead atoms. The monoisotopic (exact) mass is 319 g/mol. The van der Waals surface area contributed by atoms with E-state index in [1.165, 1.54) is 5.56 Å². The number of unbranched alkanes of at least 4 members (excludes halogenated alkanes) is 1. The van der Waals surface area contributed by atoms with E-state index < -0.39 is 0 Å². The lowest BCUT2D eigenvalue weighted by atomic mass is 10.1. The summed E-state index contributed by atoms with van der Waals surface area (Å²) in [7, 11) is 0. The quantitative estimate of drug-likeness (QED) is 0.680. The minimum Gasteiger partial charge on any atom is -0.329 e. The van der Waals surface area contributed by atoms with E-state index in [9.17, 15) is 0 Å². The van der Waals surface area contributed by atoms with Crippen LogP contribution < -0.4 is 5.73 Å². The lowest BCUT2D eigenvalue weighted by Gasteiger charge is -2.13. The van der Waals surface area contributed by atoms with Gasteiger partial charge in [-0.2, -0.15) is 0 Å². The minimum absolute atomic E-state index is 0.0221. The van der Waals surface area contributed by atoms with Gasteiger partial charge in [-0.3, -0.25) is 0 Å². The van der Waals surface area contributed by atoms with Crippen LogP contribution in [0.4, 0.5) is 0 Å². The van der Waals surface area contributed by atoms with Gasteiger partial charge in [0.25, 0.3) is 0 Å². The molecule has 3 nitrogen and oxygen atoms in total. The fourth-order valence-corrected chi connectivity index (χ4v) is 2.93. The molecule has 0 fully saturated rings. The molecule has 124 valence electrons. The summed E-state index contributed by atoms with van der Waals surface area (Å²) in [5.74, 6) is 0.978. The Kier molecular flexibility index (Phi) is 5.44. The Morgan fingerprint density at radius 1 is 1.00 bits per heavy atom. The van der Waals surface area contributed by atoms with Crippen LogP contribution in [0.2, 0.25) is 0 Å². The van der Waals surface area contributed by atoms with Gasteiger partial charge < -0.3 is 10.3 Å². The fraction of sp³-hybridized carbons (Fsp3) is 0.286. The highest BCUT2D eigenvalue weighted by atomic mass is 15.1. The molecule has 24 heavy (non-hydrogen) atoms. The summed E-state index contributed by atoms with van der Waals surface area (Å²) in [4.78, 5) is 4.87. The fourth-order valence-electron chi connectivity index (χ4n) is 2.93. The van der Waals surface area contributed by atoms with Crippen molar-refractivity contribution in [2.45, 2.75) is 38.8 Å². The molecule has 0 aliphatic heterocycles. The molecule has 2 N–H and O–H groups in total. The number of rotatable bonds is 7. The highest BCUT2D eigenvalue weighted by Gasteiger charge is 2.16. The lowest BCUT2D eigenvalue weighted by Crippen LogP contribution is -2.17. The molecule has 0 radical (unpaired) electrons. The second-order valence-electron chi connectivity index (χ2n) is 6.21. The minimum atomic E-state index is -0.0221. The Morgan fingerprint density at radius 2 is 1.67 bits per heavy atom. The number of benzene rings is 2. The molecular weight excluding hydrogens is 294 g/mol. The molecule has 0 amide bonds. The van der Waals surface area contributed by atoms with Crippen molar-refractivity contribution in [3.8, 4) is 11.3 Å². The Balaban J connectivity index is 1.93. The highest BCUT2D eigenvalue weighted by molar-refractivity contribution is 5.58. The van der Waals surface area contributed by atoms with Crippen molar-refractivity contribution < 1.29 is 0 Å². The van der Waals surface area contributed by atoms with Crippen molar-refractivity contribution >= 4 is 0 Å². The number of hydrogen-bond acceptors (Lipinski definition) is 2. The van der Waals surface area contributed by atoms with Crippen LogP contribution in [0.1, 0.15) is 43.6 Å². The molecule has 3 aromatic rings. The van der Waals surface area contributed by atoms with Gasteiger partial charge in [-0.15, -0.1) is 0 Å². The molecular formula is C21H25N3. The Bertz CT molecular complexity index is 747. The van der Waals surface area contributed by atoms with E-state index in [-0.39, 0.29) is 6.04 Å². The summed E-state index contributed by atoms with van der Waals surface area (Å²) >= 11 is 0. The van der Waals surface area contributed by atoms with Gasteiger partial charge in [0, 0.05) is 18.3 Å². The predicted molar refractivity (Wildman–Crippen MR) is 99.7 cm³/mol. The third-order valence-electron chi connectivity index (χ3n) is 4.27. The van der Waals surface area contributed by atoms with Crippen LogP contribution in [0.25, 0.3) is 11.3 Å².